The number of aliphatic carboxylic acids is 2. The molecule has 4 N–H and O–H groups in total. The number of nitrogens with zero attached hydrogens (tertiary/aromatic N) is 1. The molecule has 2 aromatic rings. The van der Waals surface area contributed by atoms with Crippen molar-refractivity contribution in [3.63, 3.8) is 0 Å². The number of rotatable bonds is 4. The van der Waals surface area contributed by atoms with Crippen molar-refractivity contribution < 1.29 is 42.5 Å². The van der Waals surface area contributed by atoms with E-state index in [9.17, 15) is 27.5 Å². The van der Waals surface area contributed by atoms with Crippen LogP contribution in [-0.4, -0.2) is 50.6 Å². The molecule has 0 amide bonds. The van der Waals surface area contributed by atoms with Gasteiger partial charge in [0.05, 0.1) is 11.5 Å². The quantitative estimate of drug-likeness (QED) is 0.579. The Labute approximate surface area is 155 Å². The number of carbonyl (C=O) groups is 2. The fourth-order valence-corrected chi connectivity index (χ4v) is 2.73. The third-order valence-electron chi connectivity index (χ3n) is 4.17. The predicted octanol–water partition coefficient (Wildman–Crippen LogP) is 2.64. The monoisotopic (exact) mass is 404 g/mol. The molecule has 28 heavy (non-hydrogen) atoms. The van der Waals surface area contributed by atoms with Crippen LogP contribution >= 0.6 is 0 Å². The number of carboxylic acids is 2. The summed E-state index contributed by atoms with van der Waals surface area (Å²) in [7, 11) is 0. The molecule has 7 nitrogen and oxygen atoms in total. The standard InChI is InChI=1S/C15H15FN2O3.C2HF3O2/c16-11-3-1-2-10-12(4-5-17-13(10)11)18-8-15(21)6-9(7-15)14(19)20;3-2(4,5)1(6)7/h1-5,9,21H,6-8H2,(H,17,18)(H,19,20);(H,6,7). The highest BCUT2D eigenvalue weighted by Crippen LogP contribution is 2.38. The van der Waals surface area contributed by atoms with Gasteiger partial charge in [0.25, 0.3) is 0 Å². The van der Waals surface area contributed by atoms with Crippen LogP contribution in [0.15, 0.2) is 30.5 Å². The second-order valence-corrected chi connectivity index (χ2v) is 6.32. The Balaban J connectivity index is 0.000000345. The van der Waals surface area contributed by atoms with Crippen molar-refractivity contribution in [1.29, 1.82) is 0 Å². The van der Waals surface area contributed by atoms with E-state index in [1.807, 2.05) is 0 Å². The molecule has 0 spiro atoms. The zero-order valence-electron chi connectivity index (χ0n) is 14.2. The molecule has 0 bridgehead atoms. The van der Waals surface area contributed by atoms with Crippen molar-refractivity contribution in [2.45, 2.75) is 24.6 Å². The molecule has 1 aromatic heterocycles. The number of benzene rings is 1. The Morgan fingerprint density at radius 1 is 1.21 bits per heavy atom. The van der Waals surface area contributed by atoms with Gasteiger partial charge < -0.3 is 20.6 Å². The molecule has 152 valence electrons. The second-order valence-electron chi connectivity index (χ2n) is 6.32. The molecule has 1 aliphatic rings. The number of hydrogen-bond acceptors (Lipinski definition) is 5. The summed E-state index contributed by atoms with van der Waals surface area (Å²) in [4.78, 5) is 23.7. The number of aromatic nitrogens is 1. The zero-order valence-corrected chi connectivity index (χ0v) is 14.2. The number of hydrogen-bond donors (Lipinski definition) is 4. The third kappa shape index (κ3) is 5.06. The lowest BCUT2D eigenvalue weighted by Crippen LogP contribution is -2.51. The smallest absolute Gasteiger partial charge is 0.481 e. The van der Waals surface area contributed by atoms with Crippen LogP contribution in [0.1, 0.15) is 12.8 Å². The highest BCUT2D eigenvalue weighted by Gasteiger charge is 2.46. The highest BCUT2D eigenvalue weighted by atomic mass is 19.4. The Kier molecular flexibility index (Phi) is 6.07. The lowest BCUT2D eigenvalue weighted by Gasteiger charge is -2.41. The normalized spacial score (nSPS) is 21.2. The largest absolute Gasteiger partial charge is 0.490 e. The lowest BCUT2D eigenvalue weighted by molar-refractivity contribution is -0.192. The lowest BCUT2D eigenvalue weighted by atomic mass is 9.71. The Bertz CT molecular complexity index is 881. The zero-order chi connectivity index (χ0) is 21.1. The summed E-state index contributed by atoms with van der Waals surface area (Å²) < 4.78 is 45.4. The summed E-state index contributed by atoms with van der Waals surface area (Å²) in [5.74, 6) is -4.52. The Morgan fingerprint density at radius 3 is 2.36 bits per heavy atom. The summed E-state index contributed by atoms with van der Waals surface area (Å²) in [5.41, 5.74) is -0.0791. The molecule has 0 radical (unpaired) electrons. The van der Waals surface area contributed by atoms with E-state index in [2.05, 4.69) is 10.3 Å². The number of pyridine rings is 1. The average molecular weight is 404 g/mol. The van der Waals surface area contributed by atoms with Crippen LogP contribution in [0.25, 0.3) is 10.9 Å². The number of aliphatic hydroxyl groups is 1. The molecule has 1 aliphatic carbocycles. The first kappa shape index (κ1) is 21.4. The summed E-state index contributed by atoms with van der Waals surface area (Å²) >= 11 is 0. The number of nitrogens with one attached hydrogen (secondary N) is 1. The van der Waals surface area contributed by atoms with Gasteiger partial charge in [0.15, 0.2) is 0 Å². The van der Waals surface area contributed by atoms with Crippen LogP contribution in [0, 0.1) is 11.7 Å². The van der Waals surface area contributed by atoms with Crippen molar-refractivity contribution >= 4 is 28.5 Å². The Morgan fingerprint density at radius 2 is 1.82 bits per heavy atom. The fraction of sp³-hybridized carbons (Fsp3) is 0.353. The summed E-state index contributed by atoms with van der Waals surface area (Å²) in [5, 5.41) is 29.9. The van der Waals surface area contributed by atoms with E-state index in [0.29, 0.717) is 11.1 Å². The SMILES string of the molecule is O=C(O)C(F)(F)F.O=C(O)C1CC(O)(CNc2ccnc3c(F)cccc23)C1. The van der Waals surface area contributed by atoms with Gasteiger partial charge in [-0.05, 0) is 25.0 Å². The minimum Gasteiger partial charge on any atom is -0.481 e. The fourth-order valence-electron chi connectivity index (χ4n) is 2.73. The van der Waals surface area contributed by atoms with Crippen molar-refractivity contribution in [2.24, 2.45) is 5.92 Å². The van der Waals surface area contributed by atoms with Crippen LogP contribution in [0.5, 0.6) is 0 Å². The van der Waals surface area contributed by atoms with Gasteiger partial charge in [-0.25, -0.2) is 9.18 Å². The molecule has 1 fully saturated rings. The number of halogens is 4. The minimum atomic E-state index is -5.08. The first-order chi connectivity index (χ1) is 12.9. The summed E-state index contributed by atoms with van der Waals surface area (Å²) in [6, 6.07) is 6.40. The van der Waals surface area contributed by atoms with Gasteiger partial charge >= 0.3 is 18.1 Å². The summed E-state index contributed by atoms with van der Waals surface area (Å²) in [6.45, 7) is 0.229. The van der Waals surface area contributed by atoms with Crippen molar-refractivity contribution in [1.82, 2.24) is 4.98 Å². The van der Waals surface area contributed by atoms with Crippen LogP contribution in [0.2, 0.25) is 0 Å². The molecule has 3 rings (SSSR count). The molecule has 0 aliphatic heterocycles. The highest BCUT2D eigenvalue weighted by molar-refractivity contribution is 5.91. The maximum Gasteiger partial charge on any atom is 0.490 e. The first-order valence-electron chi connectivity index (χ1n) is 7.95. The maximum absolute atomic E-state index is 13.7. The van der Waals surface area contributed by atoms with E-state index in [-0.39, 0.29) is 24.9 Å². The molecule has 11 heteroatoms. The van der Waals surface area contributed by atoms with E-state index >= 15 is 0 Å². The van der Waals surface area contributed by atoms with E-state index in [0.717, 1.165) is 0 Å². The van der Waals surface area contributed by atoms with E-state index in [1.165, 1.54) is 12.3 Å². The predicted molar refractivity (Wildman–Crippen MR) is 89.2 cm³/mol. The molecule has 0 unspecified atom stereocenters. The van der Waals surface area contributed by atoms with Crippen LogP contribution < -0.4 is 5.32 Å². The molecular weight excluding hydrogens is 388 g/mol. The van der Waals surface area contributed by atoms with Gasteiger partial charge in [-0.3, -0.25) is 9.78 Å². The van der Waals surface area contributed by atoms with Gasteiger partial charge in [0.2, 0.25) is 0 Å². The number of fused-ring (bicyclic) bond motifs is 1. The maximum atomic E-state index is 13.7. The number of carboxylic acid groups (broad SMARTS) is 2. The molecular formula is C17H16F4N2O5. The molecule has 0 atom stereocenters. The topological polar surface area (TPSA) is 120 Å². The van der Waals surface area contributed by atoms with Crippen LogP contribution in [-0.2, 0) is 9.59 Å². The van der Waals surface area contributed by atoms with E-state index in [1.54, 1.807) is 18.2 Å². The second kappa shape index (κ2) is 7.97. The number of anilines is 1. The number of para-hydroxylation sites is 1. The molecule has 1 saturated carbocycles. The molecule has 1 heterocycles. The van der Waals surface area contributed by atoms with Gasteiger partial charge in [-0.2, -0.15) is 13.2 Å². The minimum absolute atomic E-state index is 0.229. The van der Waals surface area contributed by atoms with Gasteiger partial charge in [-0.1, -0.05) is 12.1 Å². The van der Waals surface area contributed by atoms with Crippen molar-refractivity contribution in [3.05, 3.63) is 36.3 Å². The van der Waals surface area contributed by atoms with Crippen LogP contribution in [0.3, 0.4) is 0 Å². The molecule has 0 saturated heterocycles. The Hall–Kier alpha value is -2.95. The number of alkyl halides is 3. The molecule has 1 aromatic carbocycles. The van der Waals surface area contributed by atoms with E-state index < -0.39 is 35.5 Å². The van der Waals surface area contributed by atoms with Crippen molar-refractivity contribution in [2.75, 3.05) is 11.9 Å². The first-order valence-corrected chi connectivity index (χ1v) is 7.95. The van der Waals surface area contributed by atoms with E-state index in [4.69, 9.17) is 15.0 Å². The van der Waals surface area contributed by atoms with Crippen LogP contribution in [0.4, 0.5) is 23.2 Å². The third-order valence-corrected chi connectivity index (χ3v) is 4.17. The van der Waals surface area contributed by atoms with Gasteiger partial charge in [0.1, 0.15) is 11.3 Å². The van der Waals surface area contributed by atoms with Gasteiger partial charge in [0, 0.05) is 23.8 Å². The van der Waals surface area contributed by atoms with Crippen molar-refractivity contribution in [3.8, 4) is 0 Å². The van der Waals surface area contributed by atoms with Gasteiger partial charge in [-0.15, -0.1) is 0 Å². The average Bonchev–Trinajstić information content (AvgIpc) is 2.57. The summed E-state index contributed by atoms with van der Waals surface area (Å²) in [6.07, 6.45) is -3.13.